The predicted molar refractivity (Wildman–Crippen MR) is 66.0 cm³/mol. The van der Waals surface area contributed by atoms with Crippen molar-refractivity contribution in [2.24, 2.45) is 0 Å². The molecule has 0 saturated carbocycles. The summed E-state index contributed by atoms with van der Waals surface area (Å²) in [5, 5.41) is 8.74. The molecule has 1 heterocycles. The first-order chi connectivity index (χ1) is 9.38. The quantitative estimate of drug-likeness (QED) is 0.938. The molecule has 2 rings (SSSR count). The molecule has 0 unspecified atom stereocenters. The van der Waals surface area contributed by atoms with Crippen molar-refractivity contribution >= 4 is 5.97 Å². The van der Waals surface area contributed by atoms with Crippen molar-refractivity contribution in [3.63, 3.8) is 0 Å². The van der Waals surface area contributed by atoms with E-state index in [0.29, 0.717) is 11.1 Å². The molecule has 2 aromatic rings. The molecule has 0 amide bonds. The highest BCUT2D eigenvalue weighted by Crippen LogP contribution is 2.34. The zero-order chi connectivity index (χ0) is 14.8. The first kappa shape index (κ1) is 14.0. The van der Waals surface area contributed by atoms with E-state index in [1.165, 1.54) is 24.5 Å². The van der Waals surface area contributed by atoms with Crippen LogP contribution in [0.4, 0.5) is 13.2 Å². The number of carbonyl (C=O) groups is 1. The van der Waals surface area contributed by atoms with Crippen LogP contribution in [0.3, 0.4) is 0 Å². The number of halogens is 3. The van der Waals surface area contributed by atoms with Crippen LogP contribution in [-0.4, -0.2) is 16.1 Å². The Morgan fingerprint density at radius 3 is 2.30 bits per heavy atom. The Hall–Kier alpha value is -2.37. The van der Waals surface area contributed by atoms with Crippen LogP contribution in [0.2, 0.25) is 0 Å². The van der Waals surface area contributed by atoms with Gasteiger partial charge in [-0.3, -0.25) is 9.78 Å². The lowest BCUT2D eigenvalue weighted by atomic mass is 9.97. The number of aliphatic carboxylic acids is 1. The second-order valence-corrected chi connectivity index (χ2v) is 4.18. The summed E-state index contributed by atoms with van der Waals surface area (Å²) in [6.45, 7) is 0. The normalized spacial score (nSPS) is 11.3. The molecule has 1 N–H and O–H groups in total. The molecular weight excluding hydrogens is 271 g/mol. The third-order valence-electron chi connectivity index (χ3n) is 2.77. The number of carboxylic acid groups (broad SMARTS) is 1. The summed E-state index contributed by atoms with van der Waals surface area (Å²) >= 11 is 0. The highest BCUT2D eigenvalue weighted by atomic mass is 19.4. The summed E-state index contributed by atoms with van der Waals surface area (Å²) in [5.74, 6) is -1.30. The standard InChI is InChI=1S/C14H10F3NO2/c15-14(16,17)12-2-1-10(7-11(12)8-13(19)20)9-3-5-18-6-4-9/h1-7H,8H2,(H,19,20). The van der Waals surface area contributed by atoms with E-state index in [0.717, 1.165) is 6.07 Å². The molecule has 1 aromatic heterocycles. The van der Waals surface area contributed by atoms with Gasteiger partial charge in [0.25, 0.3) is 0 Å². The minimum absolute atomic E-state index is 0.251. The van der Waals surface area contributed by atoms with E-state index in [4.69, 9.17) is 5.11 Å². The van der Waals surface area contributed by atoms with Gasteiger partial charge in [0.15, 0.2) is 0 Å². The number of rotatable bonds is 3. The number of benzene rings is 1. The van der Waals surface area contributed by atoms with Gasteiger partial charge in [0.05, 0.1) is 12.0 Å². The van der Waals surface area contributed by atoms with E-state index in [-0.39, 0.29) is 5.56 Å². The monoisotopic (exact) mass is 281 g/mol. The van der Waals surface area contributed by atoms with Crippen LogP contribution in [-0.2, 0) is 17.4 Å². The number of alkyl halides is 3. The molecule has 20 heavy (non-hydrogen) atoms. The van der Waals surface area contributed by atoms with Gasteiger partial charge in [-0.1, -0.05) is 6.07 Å². The first-order valence-corrected chi connectivity index (χ1v) is 5.70. The van der Waals surface area contributed by atoms with E-state index in [9.17, 15) is 18.0 Å². The summed E-state index contributed by atoms with van der Waals surface area (Å²) in [4.78, 5) is 14.5. The molecule has 0 fully saturated rings. The van der Waals surface area contributed by atoms with E-state index >= 15 is 0 Å². The summed E-state index contributed by atoms with van der Waals surface area (Å²) in [5.41, 5.74) is 0.0361. The van der Waals surface area contributed by atoms with Crippen molar-refractivity contribution in [2.45, 2.75) is 12.6 Å². The molecule has 0 atom stereocenters. The van der Waals surface area contributed by atoms with Crippen LogP contribution >= 0.6 is 0 Å². The van der Waals surface area contributed by atoms with Gasteiger partial charge >= 0.3 is 12.1 Å². The fourth-order valence-corrected chi connectivity index (χ4v) is 1.90. The zero-order valence-electron chi connectivity index (χ0n) is 10.2. The molecule has 0 aliphatic heterocycles. The molecule has 104 valence electrons. The van der Waals surface area contributed by atoms with Crippen molar-refractivity contribution in [3.05, 3.63) is 53.9 Å². The van der Waals surface area contributed by atoms with Crippen LogP contribution in [0.15, 0.2) is 42.7 Å². The van der Waals surface area contributed by atoms with Crippen LogP contribution in [0.5, 0.6) is 0 Å². The Labute approximate surface area is 112 Å². The number of pyridine rings is 1. The molecule has 3 nitrogen and oxygen atoms in total. The molecule has 0 radical (unpaired) electrons. The number of aromatic nitrogens is 1. The smallest absolute Gasteiger partial charge is 0.416 e. The molecule has 1 aromatic carbocycles. The van der Waals surface area contributed by atoms with Crippen molar-refractivity contribution in [1.29, 1.82) is 0 Å². The molecule has 0 bridgehead atoms. The van der Waals surface area contributed by atoms with Gasteiger partial charge in [-0.2, -0.15) is 13.2 Å². The van der Waals surface area contributed by atoms with Gasteiger partial charge in [-0.05, 0) is 41.0 Å². The minimum atomic E-state index is -4.57. The molecule has 0 spiro atoms. The summed E-state index contributed by atoms with van der Waals surface area (Å²) in [6.07, 6.45) is -2.21. The molecule has 6 heteroatoms. The van der Waals surface area contributed by atoms with Gasteiger partial charge in [-0.25, -0.2) is 0 Å². The zero-order valence-corrected chi connectivity index (χ0v) is 10.2. The predicted octanol–water partition coefficient (Wildman–Crippen LogP) is 3.39. The third kappa shape index (κ3) is 3.14. The van der Waals surface area contributed by atoms with Crippen LogP contribution in [0.1, 0.15) is 11.1 Å². The van der Waals surface area contributed by atoms with Crippen molar-refractivity contribution in [1.82, 2.24) is 4.98 Å². The van der Waals surface area contributed by atoms with Crippen LogP contribution < -0.4 is 0 Å². The second kappa shape index (κ2) is 5.32. The van der Waals surface area contributed by atoms with Crippen LogP contribution in [0, 0.1) is 0 Å². The Morgan fingerprint density at radius 2 is 1.75 bits per heavy atom. The first-order valence-electron chi connectivity index (χ1n) is 5.70. The number of hydrogen-bond acceptors (Lipinski definition) is 2. The van der Waals surface area contributed by atoms with E-state index in [2.05, 4.69) is 4.98 Å². The van der Waals surface area contributed by atoms with Gasteiger partial charge < -0.3 is 5.11 Å². The fraction of sp³-hybridized carbons (Fsp3) is 0.143. The largest absolute Gasteiger partial charge is 0.481 e. The Morgan fingerprint density at radius 1 is 1.10 bits per heavy atom. The lowest BCUT2D eigenvalue weighted by Gasteiger charge is -2.13. The maximum Gasteiger partial charge on any atom is 0.416 e. The van der Waals surface area contributed by atoms with Gasteiger partial charge in [0, 0.05) is 12.4 Å². The summed E-state index contributed by atoms with van der Waals surface area (Å²) < 4.78 is 38.5. The van der Waals surface area contributed by atoms with Gasteiger partial charge in [0.1, 0.15) is 0 Å². The Bertz CT molecular complexity index is 624. The summed E-state index contributed by atoms with van der Waals surface area (Å²) in [6, 6.07) is 6.78. The molecule has 0 aliphatic carbocycles. The van der Waals surface area contributed by atoms with E-state index < -0.39 is 24.1 Å². The molecule has 0 saturated heterocycles. The third-order valence-corrected chi connectivity index (χ3v) is 2.77. The highest BCUT2D eigenvalue weighted by Gasteiger charge is 2.33. The van der Waals surface area contributed by atoms with Crippen molar-refractivity contribution in [2.75, 3.05) is 0 Å². The van der Waals surface area contributed by atoms with Gasteiger partial charge in [-0.15, -0.1) is 0 Å². The topological polar surface area (TPSA) is 50.2 Å². The maximum absolute atomic E-state index is 12.8. The average molecular weight is 281 g/mol. The van der Waals surface area contributed by atoms with Gasteiger partial charge in [0.2, 0.25) is 0 Å². The van der Waals surface area contributed by atoms with Crippen LogP contribution in [0.25, 0.3) is 11.1 Å². The van der Waals surface area contributed by atoms with E-state index in [1.807, 2.05) is 0 Å². The molecular formula is C14H10F3NO2. The maximum atomic E-state index is 12.8. The number of hydrogen-bond donors (Lipinski definition) is 1. The van der Waals surface area contributed by atoms with Crippen molar-refractivity contribution < 1.29 is 23.1 Å². The average Bonchev–Trinajstić information content (AvgIpc) is 2.37. The second-order valence-electron chi connectivity index (χ2n) is 4.18. The number of nitrogens with zero attached hydrogens (tertiary/aromatic N) is 1. The minimum Gasteiger partial charge on any atom is -0.481 e. The molecule has 0 aliphatic rings. The SMILES string of the molecule is O=C(O)Cc1cc(-c2ccncc2)ccc1C(F)(F)F. The lowest BCUT2D eigenvalue weighted by Crippen LogP contribution is -2.12. The Balaban J connectivity index is 2.51. The lowest BCUT2D eigenvalue weighted by molar-refractivity contribution is -0.139. The highest BCUT2D eigenvalue weighted by molar-refractivity contribution is 5.73. The number of carboxylic acids is 1. The van der Waals surface area contributed by atoms with Crippen molar-refractivity contribution in [3.8, 4) is 11.1 Å². The summed E-state index contributed by atoms with van der Waals surface area (Å²) in [7, 11) is 0. The Kier molecular flexibility index (Phi) is 3.74. The van der Waals surface area contributed by atoms with E-state index in [1.54, 1.807) is 12.1 Å². The fourth-order valence-electron chi connectivity index (χ4n) is 1.90.